The fourth-order valence-corrected chi connectivity index (χ4v) is 12.1. The van der Waals surface area contributed by atoms with Crippen LogP contribution in [-0.2, 0) is 23.9 Å². The van der Waals surface area contributed by atoms with Gasteiger partial charge in [-0.05, 0) is 117 Å². The monoisotopic (exact) mass is 566 g/mol. The number of allylic oxidation sites excluding steroid dienone is 1. The van der Waals surface area contributed by atoms with Gasteiger partial charge in [0.2, 0.25) is 0 Å². The molecular formula is C35H50O6. The maximum absolute atomic E-state index is 13.7. The van der Waals surface area contributed by atoms with Crippen molar-refractivity contribution in [2.24, 2.45) is 56.7 Å². The lowest BCUT2D eigenvalue weighted by molar-refractivity contribution is -0.250. The molecule has 0 bridgehead atoms. The lowest BCUT2D eigenvalue weighted by atomic mass is 9.32. The fourth-order valence-electron chi connectivity index (χ4n) is 12.1. The van der Waals surface area contributed by atoms with E-state index in [4.69, 9.17) is 15.9 Å². The van der Waals surface area contributed by atoms with Crippen LogP contribution in [0.3, 0.4) is 0 Å². The van der Waals surface area contributed by atoms with Crippen molar-refractivity contribution in [2.75, 3.05) is 6.61 Å². The molecule has 6 heteroatoms. The standard InChI is InChI=1S/C35H50O6/c1-9-20-40-30(39)35-17-12-22(21(2)3)27(35)23-10-11-25-32(6)15-14-26(41-29(38)28(36)37)31(4,5)24(32)13-16-34(25,8)33(23,7)18-19-35/h1,22-27H,2,10-20H2,3-8H3,(H,36,37)/t22-,23+,24-,25+,26-,27+,32-,33+,34+,35-/m0/s1. The van der Waals surface area contributed by atoms with Gasteiger partial charge in [0.15, 0.2) is 6.61 Å². The molecule has 5 rings (SSSR count). The predicted molar refractivity (Wildman–Crippen MR) is 156 cm³/mol. The van der Waals surface area contributed by atoms with Crippen LogP contribution in [0.2, 0.25) is 0 Å². The van der Waals surface area contributed by atoms with Gasteiger partial charge in [-0.15, -0.1) is 6.42 Å². The van der Waals surface area contributed by atoms with Crippen LogP contribution in [0.4, 0.5) is 0 Å². The van der Waals surface area contributed by atoms with Crippen LogP contribution in [0, 0.1) is 69.0 Å². The Balaban J connectivity index is 1.48. The number of terminal acetylenes is 1. The lowest BCUT2D eigenvalue weighted by Gasteiger charge is -2.72. The Morgan fingerprint density at radius 1 is 0.902 bits per heavy atom. The second-order valence-corrected chi connectivity index (χ2v) is 15.7. The summed E-state index contributed by atoms with van der Waals surface area (Å²) < 4.78 is 11.3. The van der Waals surface area contributed by atoms with Crippen molar-refractivity contribution in [3.8, 4) is 12.3 Å². The lowest BCUT2D eigenvalue weighted by Crippen LogP contribution is -2.67. The molecule has 6 nitrogen and oxygen atoms in total. The molecule has 5 aliphatic rings. The van der Waals surface area contributed by atoms with Gasteiger partial charge in [0.25, 0.3) is 0 Å². The first-order chi connectivity index (χ1) is 19.1. The smallest absolute Gasteiger partial charge is 0.417 e. The number of ether oxygens (including phenoxy) is 2. The highest BCUT2D eigenvalue weighted by molar-refractivity contribution is 6.28. The number of esters is 2. The third-order valence-electron chi connectivity index (χ3n) is 14.1. The highest BCUT2D eigenvalue weighted by Crippen LogP contribution is 2.77. The number of fused-ring (bicyclic) bond motifs is 7. The molecule has 0 saturated heterocycles. The van der Waals surface area contributed by atoms with Gasteiger partial charge in [0.05, 0.1) is 5.41 Å². The summed E-state index contributed by atoms with van der Waals surface area (Å²) in [6.45, 7) is 18.5. The van der Waals surface area contributed by atoms with Crippen molar-refractivity contribution in [3.63, 3.8) is 0 Å². The van der Waals surface area contributed by atoms with E-state index in [2.05, 4.69) is 54.0 Å². The summed E-state index contributed by atoms with van der Waals surface area (Å²) in [7, 11) is 0. The van der Waals surface area contributed by atoms with Crippen LogP contribution < -0.4 is 0 Å². The first kappa shape index (κ1) is 30.2. The SMILES string of the molecule is C#CCOC(=O)[C@]12CC[C@@H](C(=C)C)[C@@H]1[C@H]1CC[C@@H]3[C@@]4(C)CC[C@H](OC(=O)C(=O)O)C(C)(C)[C@@H]4CC[C@@]3(C)[C@]1(C)CC2. The van der Waals surface area contributed by atoms with Crippen molar-refractivity contribution in [2.45, 2.75) is 112 Å². The molecular weight excluding hydrogens is 516 g/mol. The number of carboxylic acids is 1. The van der Waals surface area contributed by atoms with E-state index in [-0.39, 0.29) is 46.3 Å². The fraction of sp³-hybridized carbons (Fsp3) is 0.800. The number of hydrogen-bond acceptors (Lipinski definition) is 5. The van der Waals surface area contributed by atoms with Gasteiger partial charge in [-0.3, -0.25) is 4.79 Å². The minimum atomic E-state index is -1.52. The number of hydrogen-bond donors (Lipinski definition) is 1. The van der Waals surface area contributed by atoms with Crippen LogP contribution in [0.1, 0.15) is 106 Å². The number of carbonyl (C=O) groups excluding carboxylic acids is 2. The van der Waals surface area contributed by atoms with E-state index in [1.165, 1.54) is 5.57 Å². The highest BCUT2D eigenvalue weighted by atomic mass is 16.6. The normalized spacial score (nSPS) is 46.0. The van der Waals surface area contributed by atoms with E-state index in [1.54, 1.807) is 0 Å². The van der Waals surface area contributed by atoms with Crippen LogP contribution in [0.25, 0.3) is 0 Å². The number of rotatable bonds is 4. The topological polar surface area (TPSA) is 89.9 Å². The summed E-state index contributed by atoms with van der Waals surface area (Å²) in [5.41, 5.74) is 0.669. The van der Waals surface area contributed by atoms with E-state index in [9.17, 15) is 19.5 Å². The van der Waals surface area contributed by atoms with Gasteiger partial charge in [0.1, 0.15) is 6.10 Å². The largest absolute Gasteiger partial charge is 0.473 e. The number of aliphatic carboxylic acids is 1. The molecule has 0 amide bonds. The summed E-state index contributed by atoms with van der Waals surface area (Å²) in [6.07, 6.45) is 14.7. The first-order valence-corrected chi connectivity index (χ1v) is 15.8. The number of carbonyl (C=O) groups is 3. The second kappa shape index (κ2) is 9.88. The molecule has 0 aromatic heterocycles. The molecule has 5 saturated carbocycles. The molecule has 41 heavy (non-hydrogen) atoms. The van der Waals surface area contributed by atoms with Crippen LogP contribution >= 0.6 is 0 Å². The van der Waals surface area contributed by atoms with Gasteiger partial charge >= 0.3 is 17.9 Å². The molecule has 0 heterocycles. The molecule has 0 radical (unpaired) electrons. The van der Waals surface area contributed by atoms with E-state index in [0.29, 0.717) is 30.1 Å². The molecule has 1 N–H and O–H groups in total. The predicted octanol–water partition coefficient (Wildman–Crippen LogP) is 6.82. The molecule has 5 aliphatic carbocycles. The van der Waals surface area contributed by atoms with Crippen molar-refractivity contribution < 1.29 is 29.0 Å². The zero-order valence-electron chi connectivity index (χ0n) is 26.0. The molecule has 0 unspecified atom stereocenters. The first-order valence-electron chi connectivity index (χ1n) is 15.8. The zero-order chi connectivity index (χ0) is 30.2. The van der Waals surface area contributed by atoms with E-state index in [1.807, 2.05) is 0 Å². The molecule has 226 valence electrons. The summed E-state index contributed by atoms with van der Waals surface area (Å²) in [5.74, 6) is 1.56. The van der Waals surface area contributed by atoms with Crippen LogP contribution in [0.15, 0.2) is 12.2 Å². The van der Waals surface area contributed by atoms with Crippen LogP contribution in [0.5, 0.6) is 0 Å². The Morgan fingerprint density at radius 2 is 1.61 bits per heavy atom. The minimum Gasteiger partial charge on any atom is -0.473 e. The maximum Gasteiger partial charge on any atom is 0.417 e. The van der Waals surface area contributed by atoms with E-state index in [0.717, 1.165) is 57.8 Å². The molecule has 0 aromatic carbocycles. The summed E-state index contributed by atoms with van der Waals surface area (Å²) in [6, 6.07) is 0. The molecule has 0 aromatic rings. The summed E-state index contributed by atoms with van der Waals surface area (Å²) in [5, 5.41) is 9.19. The van der Waals surface area contributed by atoms with Crippen molar-refractivity contribution in [3.05, 3.63) is 12.2 Å². The Hall–Kier alpha value is -2.29. The molecule has 0 spiro atoms. The number of carboxylic acid groups (broad SMARTS) is 1. The summed E-state index contributed by atoms with van der Waals surface area (Å²) >= 11 is 0. The Kier molecular flexibility index (Phi) is 7.27. The molecule has 5 fully saturated rings. The van der Waals surface area contributed by atoms with Gasteiger partial charge in [0, 0.05) is 5.41 Å². The summed E-state index contributed by atoms with van der Waals surface area (Å²) in [4.78, 5) is 37.0. The molecule has 0 aliphatic heterocycles. The van der Waals surface area contributed by atoms with Crippen LogP contribution in [-0.4, -0.2) is 35.7 Å². The van der Waals surface area contributed by atoms with Crippen molar-refractivity contribution in [1.29, 1.82) is 0 Å². The second-order valence-electron chi connectivity index (χ2n) is 15.7. The third-order valence-corrected chi connectivity index (χ3v) is 14.1. The van der Waals surface area contributed by atoms with Gasteiger partial charge in [-0.2, -0.15) is 0 Å². The zero-order valence-corrected chi connectivity index (χ0v) is 26.0. The highest BCUT2D eigenvalue weighted by Gasteiger charge is 2.72. The van der Waals surface area contributed by atoms with Gasteiger partial charge < -0.3 is 14.6 Å². The van der Waals surface area contributed by atoms with Crippen molar-refractivity contribution >= 4 is 17.9 Å². The third kappa shape index (κ3) is 4.07. The average Bonchev–Trinajstić information content (AvgIpc) is 3.30. The minimum absolute atomic E-state index is 0.0328. The average molecular weight is 567 g/mol. The Labute approximate surface area is 246 Å². The molecule has 10 atom stereocenters. The Morgan fingerprint density at radius 3 is 2.24 bits per heavy atom. The Bertz CT molecular complexity index is 1180. The maximum atomic E-state index is 13.7. The van der Waals surface area contributed by atoms with Gasteiger partial charge in [-0.1, -0.05) is 52.7 Å². The quantitative estimate of drug-likeness (QED) is 0.174. The van der Waals surface area contributed by atoms with E-state index < -0.39 is 17.4 Å². The van der Waals surface area contributed by atoms with Gasteiger partial charge in [-0.25, -0.2) is 9.59 Å². The van der Waals surface area contributed by atoms with Crippen molar-refractivity contribution in [1.82, 2.24) is 0 Å². The van der Waals surface area contributed by atoms with E-state index >= 15 is 0 Å².